The van der Waals surface area contributed by atoms with Crippen LogP contribution in [0.3, 0.4) is 0 Å². The zero-order valence-electron chi connectivity index (χ0n) is 16.5. The number of carbonyl (C=O) groups excluding carboxylic acids is 1. The summed E-state index contributed by atoms with van der Waals surface area (Å²) in [5.74, 6) is -0.351. The standard InChI is InChI=1S/C24H24N4O/c1-2-3-14-26-24(29)21(16-25)15-22-18-28(17-19-10-6-4-7-11-19)27-23(22)20-12-8-5-9-13-20/h4-13,15,18H,2-3,14,17H2,1H3,(H,26,29)/b21-15+. The first kappa shape index (κ1) is 20.1. The summed E-state index contributed by atoms with van der Waals surface area (Å²) in [5.41, 5.74) is 3.64. The van der Waals surface area contributed by atoms with Crippen molar-refractivity contribution in [2.75, 3.05) is 6.54 Å². The Morgan fingerprint density at radius 3 is 2.48 bits per heavy atom. The molecule has 1 heterocycles. The van der Waals surface area contributed by atoms with E-state index in [0.29, 0.717) is 13.1 Å². The second-order valence-corrected chi connectivity index (χ2v) is 6.76. The molecule has 0 fully saturated rings. The molecular weight excluding hydrogens is 360 g/mol. The van der Waals surface area contributed by atoms with Gasteiger partial charge in [0.1, 0.15) is 11.6 Å². The van der Waals surface area contributed by atoms with Gasteiger partial charge in [0.15, 0.2) is 0 Å². The largest absolute Gasteiger partial charge is 0.351 e. The van der Waals surface area contributed by atoms with Gasteiger partial charge in [-0.15, -0.1) is 0 Å². The van der Waals surface area contributed by atoms with Crippen molar-refractivity contribution >= 4 is 12.0 Å². The van der Waals surface area contributed by atoms with Gasteiger partial charge in [0, 0.05) is 23.9 Å². The van der Waals surface area contributed by atoms with E-state index in [1.54, 1.807) is 6.08 Å². The lowest BCUT2D eigenvalue weighted by atomic mass is 10.1. The highest BCUT2D eigenvalue weighted by Crippen LogP contribution is 2.24. The van der Waals surface area contributed by atoms with Gasteiger partial charge in [-0.25, -0.2) is 0 Å². The van der Waals surface area contributed by atoms with E-state index >= 15 is 0 Å². The lowest BCUT2D eigenvalue weighted by Crippen LogP contribution is -2.25. The minimum atomic E-state index is -0.351. The summed E-state index contributed by atoms with van der Waals surface area (Å²) < 4.78 is 1.84. The summed E-state index contributed by atoms with van der Waals surface area (Å²) in [5, 5.41) is 17.0. The number of carbonyl (C=O) groups is 1. The van der Waals surface area contributed by atoms with Crippen LogP contribution in [0.15, 0.2) is 72.4 Å². The minimum absolute atomic E-state index is 0.0811. The summed E-state index contributed by atoms with van der Waals surface area (Å²) >= 11 is 0. The molecule has 0 saturated heterocycles. The van der Waals surface area contributed by atoms with Crippen molar-refractivity contribution in [3.8, 4) is 17.3 Å². The predicted molar refractivity (Wildman–Crippen MR) is 115 cm³/mol. The van der Waals surface area contributed by atoms with E-state index in [1.807, 2.05) is 77.6 Å². The van der Waals surface area contributed by atoms with Gasteiger partial charge in [-0.05, 0) is 18.1 Å². The molecule has 2 aromatic carbocycles. The van der Waals surface area contributed by atoms with Gasteiger partial charge >= 0.3 is 0 Å². The van der Waals surface area contributed by atoms with Crippen molar-refractivity contribution < 1.29 is 4.79 Å². The molecule has 0 aliphatic carbocycles. The van der Waals surface area contributed by atoms with Crippen LogP contribution in [-0.2, 0) is 11.3 Å². The van der Waals surface area contributed by atoms with Crippen molar-refractivity contribution in [3.05, 3.63) is 83.6 Å². The van der Waals surface area contributed by atoms with Gasteiger partial charge < -0.3 is 5.32 Å². The van der Waals surface area contributed by atoms with Crippen LogP contribution in [0.1, 0.15) is 30.9 Å². The number of nitriles is 1. The van der Waals surface area contributed by atoms with Crippen LogP contribution in [0.4, 0.5) is 0 Å². The van der Waals surface area contributed by atoms with E-state index in [4.69, 9.17) is 5.10 Å². The van der Waals surface area contributed by atoms with Gasteiger partial charge in [0.05, 0.1) is 12.2 Å². The van der Waals surface area contributed by atoms with E-state index in [0.717, 1.165) is 35.2 Å². The minimum Gasteiger partial charge on any atom is -0.351 e. The van der Waals surface area contributed by atoms with E-state index in [1.165, 1.54) is 0 Å². The molecule has 0 radical (unpaired) electrons. The number of nitrogens with zero attached hydrogens (tertiary/aromatic N) is 3. The fourth-order valence-electron chi connectivity index (χ4n) is 2.99. The second kappa shape index (κ2) is 10.0. The number of aromatic nitrogens is 2. The van der Waals surface area contributed by atoms with Crippen molar-refractivity contribution in [1.82, 2.24) is 15.1 Å². The Bertz CT molecular complexity index is 1010. The van der Waals surface area contributed by atoms with Gasteiger partial charge in [-0.3, -0.25) is 9.48 Å². The first-order valence-corrected chi connectivity index (χ1v) is 9.78. The van der Waals surface area contributed by atoms with Crippen LogP contribution in [-0.4, -0.2) is 22.2 Å². The van der Waals surface area contributed by atoms with Crippen LogP contribution >= 0.6 is 0 Å². The molecule has 1 amide bonds. The molecule has 1 aromatic heterocycles. The molecule has 3 aromatic rings. The third-order valence-corrected chi connectivity index (χ3v) is 4.51. The topological polar surface area (TPSA) is 70.7 Å². The average Bonchev–Trinajstić information content (AvgIpc) is 3.15. The Morgan fingerprint density at radius 2 is 1.83 bits per heavy atom. The number of nitrogens with one attached hydrogen (secondary N) is 1. The van der Waals surface area contributed by atoms with E-state index in [9.17, 15) is 10.1 Å². The van der Waals surface area contributed by atoms with Gasteiger partial charge in [-0.1, -0.05) is 74.0 Å². The number of hydrogen-bond donors (Lipinski definition) is 1. The van der Waals surface area contributed by atoms with Crippen LogP contribution in [0, 0.1) is 11.3 Å². The Morgan fingerprint density at radius 1 is 1.14 bits per heavy atom. The molecule has 5 heteroatoms. The Kier molecular flexibility index (Phi) is 6.96. The van der Waals surface area contributed by atoms with Crippen molar-refractivity contribution in [2.45, 2.75) is 26.3 Å². The third kappa shape index (κ3) is 5.43. The second-order valence-electron chi connectivity index (χ2n) is 6.76. The van der Waals surface area contributed by atoms with E-state index in [2.05, 4.69) is 12.2 Å². The van der Waals surface area contributed by atoms with Crippen LogP contribution in [0.2, 0.25) is 0 Å². The number of hydrogen-bond acceptors (Lipinski definition) is 3. The lowest BCUT2D eigenvalue weighted by Gasteiger charge is -2.03. The van der Waals surface area contributed by atoms with Crippen molar-refractivity contribution in [3.63, 3.8) is 0 Å². The fourth-order valence-corrected chi connectivity index (χ4v) is 2.99. The Balaban J connectivity index is 1.95. The summed E-state index contributed by atoms with van der Waals surface area (Å²) in [6, 6.07) is 21.9. The molecule has 0 spiro atoms. The molecule has 0 saturated carbocycles. The molecule has 0 aliphatic rings. The quantitative estimate of drug-likeness (QED) is 0.355. The van der Waals surface area contributed by atoms with Crippen LogP contribution in [0.5, 0.6) is 0 Å². The molecule has 0 unspecified atom stereocenters. The maximum atomic E-state index is 12.4. The van der Waals surface area contributed by atoms with Crippen molar-refractivity contribution in [2.24, 2.45) is 0 Å². The van der Waals surface area contributed by atoms with E-state index < -0.39 is 0 Å². The monoisotopic (exact) mass is 384 g/mol. The van der Waals surface area contributed by atoms with E-state index in [-0.39, 0.29) is 11.5 Å². The molecule has 0 aliphatic heterocycles. The zero-order valence-corrected chi connectivity index (χ0v) is 16.5. The highest BCUT2D eigenvalue weighted by atomic mass is 16.1. The van der Waals surface area contributed by atoms with Crippen LogP contribution in [0.25, 0.3) is 17.3 Å². The number of benzene rings is 2. The molecule has 5 nitrogen and oxygen atoms in total. The Labute approximate surface area is 171 Å². The summed E-state index contributed by atoms with van der Waals surface area (Å²) in [4.78, 5) is 12.4. The maximum absolute atomic E-state index is 12.4. The SMILES string of the molecule is CCCCNC(=O)/C(C#N)=C/c1cn(Cc2ccccc2)nc1-c1ccccc1. The molecule has 1 N–H and O–H groups in total. The molecule has 3 rings (SSSR count). The molecule has 0 bridgehead atoms. The summed E-state index contributed by atoms with van der Waals surface area (Å²) in [7, 11) is 0. The molecular formula is C24H24N4O. The third-order valence-electron chi connectivity index (χ3n) is 4.51. The molecule has 0 atom stereocenters. The van der Waals surface area contributed by atoms with Gasteiger partial charge in [0.25, 0.3) is 5.91 Å². The summed E-state index contributed by atoms with van der Waals surface area (Å²) in [6.07, 6.45) is 5.37. The predicted octanol–water partition coefficient (Wildman–Crippen LogP) is 4.42. The highest BCUT2D eigenvalue weighted by molar-refractivity contribution is 6.02. The van der Waals surface area contributed by atoms with Gasteiger partial charge in [-0.2, -0.15) is 10.4 Å². The summed E-state index contributed by atoms with van der Waals surface area (Å²) in [6.45, 7) is 3.23. The fraction of sp³-hybridized carbons (Fsp3) is 0.208. The van der Waals surface area contributed by atoms with Gasteiger partial charge in [0.2, 0.25) is 0 Å². The maximum Gasteiger partial charge on any atom is 0.261 e. The first-order valence-electron chi connectivity index (χ1n) is 9.78. The smallest absolute Gasteiger partial charge is 0.261 e. The number of amides is 1. The van der Waals surface area contributed by atoms with Crippen molar-refractivity contribution in [1.29, 1.82) is 5.26 Å². The average molecular weight is 384 g/mol. The number of unbranched alkanes of at least 4 members (excludes halogenated alkanes) is 1. The normalized spacial score (nSPS) is 11.1. The highest BCUT2D eigenvalue weighted by Gasteiger charge is 2.14. The lowest BCUT2D eigenvalue weighted by molar-refractivity contribution is -0.117. The molecule has 29 heavy (non-hydrogen) atoms. The van der Waals surface area contributed by atoms with Crippen LogP contribution < -0.4 is 5.32 Å². The zero-order chi connectivity index (χ0) is 20.5. The Hall–Kier alpha value is -3.65. The first-order chi connectivity index (χ1) is 14.2. The molecule has 146 valence electrons. The number of rotatable bonds is 8.